The van der Waals surface area contributed by atoms with Crippen LogP contribution in [0.2, 0.25) is 0 Å². The lowest BCUT2D eigenvalue weighted by Crippen LogP contribution is -2.32. The highest BCUT2D eigenvalue weighted by Gasteiger charge is 2.45. The molecule has 0 radical (unpaired) electrons. The van der Waals surface area contributed by atoms with Gasteiger partial charge in [-0.3, -0.25) is 4.79 Å². The van der Waals surface area contributed by atoms with E-state index in [1.54, 1.807) is 0 Å². The number of amides is 1. The van der Waals surface area contributed by atoms with Crippen LogP contribution in [0.4, 0.5) is 0 Å². The fraction of sp³-hybridized carbons (Fsp3) is 0.889. The van der Waals surface area contributed by atoms with Gasteiger partial charge >= 0.3 is 0 Å². The summed E-state index contributed by atoms with van der Waals surface area (Å²) >= 11 is 0. The standard InChI is InChI=1S/C9H15NO/c1-7-9(4-2-3-5-9)6-8(11)10-7/h7H,2-6H2,1H3,(H,10,11). The first-order valence-corrected chi connectivity index (χ1v) is 4.52. The molecule has 1 saturated heterocycles. The van der Waals surface area contributed by atoms with Gasteiger partial charge in [0.05, 0.1) is 0 Å². The predicted molar refractivity (Wildman–Crippen MR) is 43.1 cm³/mol. The summed E-state index contributed by atoms with van der Waals surface area (Å²) in [5.41, 5.74) is 0.358. The lowest BCUT2D eigenvalue weighted by molar-refractivity contribution is -0.119. The third-order valence-electron chi connectivity index (χ3n) is 3.41. The van der Waals surface area contributed by atoms with Gasteiger partial charge in [-0.1, -0.05) is 12.8 Å². The van der Waals surface area contributed by atoms with Gasteiger partial charge in [0.15, 0.2) is 0 Å². The summed E-state index contributed by atoms with van der Waals surface area (Å²) < 4.78 is 0. The Bertz CT molecular complexity index is 182. The van der Waals surface area contributed by atoms with Crippen molar-refractivity contribution in [1.82, 2.24) is 5.32 Å². The second-order valence-corrected chi connectivity index (χ2v) is 4.04. The van der Waals surface area contributed by atoms with Crippen molar-refractivity contribution in [2.45, 2.75) is 45.1 Å². The van der Waals surface area contributed by atoms with Crippen molar-refractivity contribution in [2.24, 2.45) is 5.41 Å². The SMILES string of the molecule is CC1NC(=O)CC12CCCC2. The third kappa shape index (κ3) is 0.959. The molecule has 62 valence electrons. The molecular weight excluding hydrogens is 138 g/mol. The minimum atomic E-state index is 0.263. The molecule has 1 unspecified atom stereocenters. The van der Waals surface area contributed by atoms with Crippen LogP contribution in [0.3, 0.4) is 0 Å². The zero-order valence-electron chi connectivity index (χ0n) is 7.02. The molecule has 0 aromatic heterocycles. The van der Waals surface area contributed by atoms with E-state index in [0.717, 1.165) is 6.42 Å². The topological polar surface area (TPSA) is 29.1 Å². The van der Waals surface area contributed by atoms with Crippen LogP contribution in [-0.4, -0.2) is 11.9 Å². The van der Waals surface area contributed by atoms with Crippen molar-refractivity contribution in [3.05, 3.63) is 0 Å². The van der Waals surface area contributed by atoms with E-state index in [1.807, 2.05) is 0 Å². The fourth-order valence-corrected chi connectivity index (χ4v) is 2.61. The number of rotatable bonds is 0. The molecule has 2 fully saturated rings. The molecule has 0 aromatic rings. The second-order valence-electron chi connectivity index (χ2n) is 4.04. The largest absolute Gasteiger partial charge is 0.353 e. The fourth-order valence-electron chi connectivity index (χ4n) is 2.61. The van der Waals surface area contributed by atoms with Crippen LogP contribution in [-0.2, 0) is 4.79 Å². The van der Waals surface area contributed by atoms with Crippen LogP contribution in [0.15, 0.2) is 0 Å². The summed E-state index contributed by atoms with van der Waals surface area (Å²) in [4.78, 5) is 11.1. The zero-order chi connectivity index (χ0) is 7.90. The van der Waals surface area contributed by atoms with Crippen LogP contribution < -0.4 is 5.32 Å². The van der Waals surface area contributed by atoms with Gasteiger partial charge in [-0.15, -0.1) is 0 Å². The Kier molecular flexibility index (Phi) is 1.44. The van der Waals surface area contributed by atoms with Gasteiger partial charge in [0, 0.05) is 12.5 Å². The molecule has 1 N–H and O–H groups in total. The van der Waals surface area contributed by atoms with Crippen LogP contribution >= 0.6 is 0 Å². The number of hydrogen-bond donors (Lipinski definition) is 1. The molecule has 1 aliphatic carbocycles. The first-order valence-electron chi connectivity index (χ1n) is 4.52. The molecule has 2 nitrogen and oxygen atoms in total. The number of carbonyl (C=O) groups excluding carboxylic acids is 1. The average molecular weight is 153 g/mol. The summed E-state index contributed by atoms with van der Waals surface area (Å²) in [6, 6.07) is 0.428. The molecule has 1 spiro atoms. The molecule has 1 saturated carbocycles. The van der Waals surface area contributed by atoms with Crippen molar-refractivity contribution in [1.29, 1.82) is 0 Å². The smallest absolute Gasteiger partial charge is 0.220 e. The Morgan fingerprint density at radius 3 is 2.55 bits per heavy atom. The van der Waals surface area contributed by atoms with Gasteiger partial charge in [0.2, 0.25) is 5.91 Å². The van der Waals surface area contributed by atoms with E-state index in [0.29, 0.717) is 11.5 Å². The van der Waals surface area contributed by atoms with E-state index in [2.05, 4.69) is 12.2 Å². The Labute approximate surface area is 67.4 Å². The van der Waals surface area contributed by atoms with Crippen molar-refractivity contribution in [3.63, 3.8) is 0 Å². The van der Waals surface area contributed by atoms with Crippen LogP contribution in [0, 0.1) is 5.41 Å². The molecule has 2 rings (SSSR count). The molecular formula is C9H15NO. The molecule has 1 amide bonds. The summed E-state index contributed by atoms with van der Waals surface area (Å²) in [7, 11) is 0. The minimum absolute atomic E-state index is 0.263. The maximum absolute atomic E-state index is 11.1. The highest BCUT2D eigenvalue weighted by molar-refractivity contribution is 5.79. The molecule has 1 atom stereocenters. The maximum atomic E-state index is 11.1. The van der Waals surface area contributed by atoms with Crippen LogP contribution in [0.25, 0.3) is 0 Å². The Balaban J connectivity index is 2.18. The Morgan fingerprint density at radius 1 is 1.45 bits per heavy atom. The first kappa shape index (κ1) is 7.14. The van der Waals surface area contributed by atoms with Gasteiger partial charge in [0.1, 0.15) is 0 Å². The van der Waals surface area contributed by atoms with Crippen molar-refractivity contribution >= 4 is 5.91 Å². The highest BCUT2D eigenvalue weighted by Crippen LogP contribution is 2.46. The third-order valence-corrected chi connectivity index (χ3v) is 3.41. The van der Waals surface area contributed by atoms with Gasteiger partial charge in [-0.05, 0) is 25.2 Å². The Hall–Kier alpha value is -0.530. The molecule has 0 bridgehead atoms. The first-order chi connectivity index (χ1) is 5.23. The second kappa shape index (κ2) is 2.23. The lowest BCUT2D eigenvalue weighted by Gasteiger charge is -2.25. The minimum Gasteiger partial charge on any atom is -0.353 e. The van der Waals surface area contributed by atoms with Crippen molar-refractivity contribution < 1.29 is 4.79 Å². The van der Waals surface area contributed by atoms with E-state index < -0.39 is 0 Å². The van der Waals surface area contributed by atoms with Crippen molar-refractivity contribution in [3.8, 4) is 0 Å². The predicted octanol–water partition coefficient (Wildman–Crippen LogP) is 1.46. The van der Waals surface area contributed by atoms with Gasteiger partial charge in [0.25, 0.3) is 0 Å². The van der Waals surface area contributed by atoms with Crippen LogP contribution in [0.1, 0.15) is 39.0 Å². The molecule has 11 heavy (non-hydrogen) atoms. The molecule has 0 aromatic carbocycles. The van der Waals surface area contributed by atoms with Gasteiger partial charge in [-0.2, -0.15) is 0 Å². The van der Waals surface area contributed by atoms with Crippen molar-refractivity contribution in [2.75, 3.05) is 0 Å². The normalized spacial score (nSPS) is 34.6. The van der Waals surface area contributed by atoms with Gasteiger partial charge < -0.3 is 5.32 Å². The molecule has 1 heterocycles. The summed E-state index contributed by atoms with van der Waals surface area (Å²) in [5.74, 6) is 0.263. The number of hydrogen-bond acceptors (Lipinski definition) is 1. The number of nitrogens with one attached hydrogen (secondary N) is 1. The zero-order valence-corrected chi connectivity index (χ0v) is 7.02. The lowest BCUT2D eigenvalue weighted by atomic mass is 9.80. The number of carbonyl (C=O) groups is 1. The molecule has 2 heteroatoms. The summed E-state index contributed by atoms with van der Waals surface area (Å²) in [5, 5.41) is 3.01. The summed E-state index contributed by atoms with van der Waals surface area (Å²) in [6.07, 6.45) is 5.94. The van der Waals surface area contributed by atoms with Crippen LogP contribution in [0.5, 0.6) is 0 Å². The van der Waals surface area contributed by atoms with E-state index in [1.165, 1.54) is 25.7 Å². The summed E-state index contributed by atoms with van der Waals surface area (Å²) in [6.45, 7) is 2.15. The van der Waals surface area contributed by atoms with E-state index in [4.69, 9.17) is 0 Å². The quantitative estimate of drug-likeness (QED) is 0.560. The molecule has 2 aliphatic rings. The maximum Gasteiger partial charge on any atom is 0.220 e. The highest BCUT2D eigenvalue weighted by atomic mass is 16.2. The Morgan fingerprint density at radius 2 is 2.09 bits per heavy atom. The van der Waals surface area contributed by atoms with E-state index in [-0.39, 0.29) is 5.91 Å². The monoisotopic (exact) mass is 153 g/mol. The van der Waals surface area contributed by atoms with Gasteiger partial charge in [-0.25, -0.2) is 0 Å². The van der Waals surface area contributed by atoms with E-state index in [9.17, 15) is 4.79 Å². The molecule has 1 aliphatic heterocycles. The average Bonchev–Trinajstić information content (AvgIpc) is 2.45. The van der Waals surface area contributed by atoms with E-state index >= 15 is 0 Å².